The molecule has 0 aliphatic rings. The first kappa shape index (κ1) is 20.4. The Morgan fingerprint density at radius 1 is 1.25 bits per heavy atom. The number of rotatable bonds is 8. The molecule has 0 saturated carbocycles. The first-order chi connectivity index (χ1) is 13.5. The van der Waals surface area contributed by atoms with E-state index in [0.29, 0.717) is 21.5 Å². The van der Waals surface area contributed by atoms with E-state index in [0.717, 1.165) is 17.1 Å². The summed E-state index contributed by atoms with van der Waals surface area (Å²) < 4.78 is 5.82. The monoisotopic (exact) mass is 436 g/mol. The van der Waals surface area contributed by atoms with Crippen molar-refractivity contribution in [1.29, 1.82) is 0 Å². The lowest BCUT2D eigenvalue weighted by molar-refractivity contribution is -0.119. The van der Waals surface area contributed by atoms with Crippen molar-refractivity contribution >= 4 is 52.2 Å². The number of nitrogens with one attached hydrogen (secondary N) is 2. The fraction of sp³-hybridized carbons (Fsp3) is 0.222. The number of nitrogens with zero attached hydrogens (tertiary/aromatic N) is 2. The van der Waals surface area contributed by atoms with Gasteiger partial charge in [-0.25, -0.2) is 0 Å². The van der Waals surface area contributed by atoms with Crippen molar-refractivity contribution in [2.24, 2.45) is 0 Å². The van der Waals surface area contributed by atoms with Crippen LogP contribution in [-0.4, -0.2) is 33.8 Å². The van der Waals surface area contributed by atoms with Gasteiger partial charge in [-0.1, -0.05) is 34.7 Å². The first-order valence-corrected chi connectivity index (χ1v) is 10.5. The van der Waals surface area contributed by atoms with Crippen molar-refractivity contribution in [3.8, 4) is 0 Å². The Hall–Kier alpha value is -2.36. The fourth-order valence-corrected chi connectivity index (χ4v) is 3.99. The quantitative estimate of drug-likeness (QED) is 0.520. The second-order valence-corrected chi connectivity index (χ2v) is 8.51. The Balaban J connectivity index is 1.45. The van der Waals surface area contributed by atoms with Crippen LogP contribution in [0.2, 0.25) is 5.02 Å². The highest BCUT2D eigenvalue weighted by Gasteiger charge is 2.15. The van der Waals surface area contributed by atoms with Crippen LogP contribution in [0.15, 0.2) is 51.4 Å². The smallest absolute Gasteiger partial charge is 0.286 e. The maximum Gasteiger partial charge on any atom is 0.286 e. The molecule has 3 rings (SSSR count). The van der Waals surface area contributed by atoms with Crippen molar-refractivity contribution < 1.29 is 14.0 Å². The molecule has 7 nitrogen and oxygen atoms in total. The van der Waals surface area contributed by atoms with Gasteiger partial charge < -0.3 is 15.1 Å². The molecule has 2 aromatic heterocycles. The van der Waals surface area contributed by atoms with E-state index in [-0.39, 0.29) is 28.6 Å². The van der Waals surface area contributed by atoms with Crippen LogP contribution >= 0.6 is 34.7 Å². The summed E-state index contributed by atoms with van der Waals surface area (Å²) in [5.41, 5.74) is 0.615. The van der Waals surface area contributed by atoms with E-state index in [9.17, 15) is 9.59 Å². The zero-order valence-electron chi connectivity index (χ0n) is 14.8. The Bertz CT molecular complexity index is 929. The lowest BCUT2D eigenvalue weighted by atomic mass is 10.2. The summed E-state index contributed by atoms with van der Waals surface area (Å²) in [6.07, 6.45) is 2.23. The molecule has 2 heterocycles. The summed E-state index contributed by atoms with van der Waals surface area (Å²) in [4.78, 5) is 24.3. The number of carbonyl (C=O) groups excluding carboxylic acids is 2. The van der Waals surface area contributed by atoms with Gasteiger partial charge in [-0.3, -0.25) is 9.59 Å². The highest BCUT2D eigenvalue weighted by molar-refractivity contribution is 8.01. The number of anilines is 1. The molecule has 0 saturated heterocycles. The minimum Gasteiger partial charge on any atom is -0.469 e. The number of hydrogen-bond acceptors (Lipinski definition) is 7. The molecule has 1 atom stereocenters. The Kier molecular flexibility index (Phi) is 7.07. The largest absolute Gasteiger partial charge is 0.469 e. The number of benzene rings is 1. The second kappa shape index (κ2) is 9.72. The summed E-state index contributed by atoms with van der Waals surface area (Å²) >= 11 is 8.19. The number of carbonyl (C=O) groups is 2. The molecular formula is C18H17ClN4O3S2. The molecule has 0 spiro atoms. The number of amides is 2. The highest BCUT2D eigenvalue weighted by Crippen LogP contribution is 2.23. The predicted octanol–water partition coefficient (Wildman–Crippen LogP) is 3.88. The minimum atomic E-state index is -0.358. The van der Waals surface area contributed by atoms with Crippen LogP contribution in [0.5, 0.6) is 0 Å². The molecule has 0 radical (unpaired) electrons. The third kappa shape index (κ3) is 6.08. The standard InChI is InChI=1S/C18H17ClN4O3S2/c1-11(9-14-3-2-8-26-14)20-15(24)10-27-18-23-22-17(28-18)16(25)21-13-6-4-12(19)5-7-13/h2-8,11H,9-10H2,1H3,(H,20,24)(H,21,25)/t11-/m1/s1. The van der Waals surface area contributed by atoms with E-state index >= 15 is 0 Å². The Morgan fingerprint density at radius 3 is 2.75 bits per heavy atom. The van der Waals surface area contributed by atoms with E-state index in [1.165, 1.54) is 11.8 Å². The zero-order valence-corrected chi connectivity index (χ0v) is 17.2. The Morgan fingerprint density at radius 2 is 2.04 bits per heavy atom. The SMILES string of the molecule is C[C@H](Cc1ccco1)NC(=O)CSc1nnc(C(=O)Nc2ccc(Cl)cc2)s1. The van der Waals surface area contributed by atoms with Crippen LogP contribution in [0.4, 0.5) is 5.69 Å². The molecule has 10 heteroatoms. The second-order valence-electron chi connectivity index (χ2n) is 5.87. The molecule has 3 aromatic rings. The van der Waals surface area contributed by atoms with Crippen LogP contribution in [-0.2, 0) is 11.2 Å². The maximum absolute atomic E-state index is 12.2. The summed E-state index contributed by atoms with van der Waals surface area (Å²) in [6.45, 7) is 1.91. The van der Waals surface area contributed by atoms with Crippen LogP contribution in [0.25, 0.3) is 0 Å². The molecule has 0 bridgehead atoms. The van der Waals surface area contributed by atoms with E-state index in [1.54, 1.807) is 30.5 Å². The molecular weight excluding hydrogens is 420 g/mol. The van der Waals surface area contributed by atoms with E-state index in [4.69, 9.17) is 16.0 Å². The van der Waals surface area contributed by atoms with Crippen LogP contribution in [0, 0.1) is 0 Å². The lowest BCUT2D eigenvalue weighted by Crippen LogP contribution is -2.35. The van der Waals surface area contributed by atoms with Crippen molar-refractivity contribution in [3.05, 3.63) is 58.5 Å². The van der Waals surface area contributed by atoms with Gasteiger partial charge in [0.15, 0.2) is 4.34 Å². The van der Waals surface area contributed by atoms with Crippen LogP contribution in [0.3, 0.4) is 0 Å². The zero-order chi connectivity index (χ0) is 19.9. The van der Waals surface area contributed by atoms with Gasteiger partial charge in [-0.15, -0.1) is 10.2 Å². The minimum absolute atomic E-state index is 0.0469. The highest BCUT2D eigenvalue weighted by atomic mass is 35.5. The summed E-state index contributed by atoms with van der Waals surface area (Å²) in [7, 11) is 0. The van der Waals surface area contributed by atoms with Gasteiger partial charge in [0, 0.05) is 23.2 Å². The van der Waals surface area contributed by atoms with Gasteiger partial charge >= 0.3 is 0 Å². The molecule has 0 fully saturated rings. The third-order valence-electron chi connectivity index (χ3n) is 3.52. The summed E-state index contributed by atoms with van der Waals surface area (Å²) in [5, 5.41) is 14.3. The van der Waals surface area contributed by atoms with E-state index in [1.807, 2.05) is 19.1 Å². The van der Waals surface area contributed by atoms with Gasteiger partial charge in [0.2, 0.25) is 10.9 Å². The topological polar surface area (TPSA) is 97.1 Å². The third-order valence-corrected chi connectivity index (χ3v) is 5.83. The molecule has 0 unspecified atom stereocenters. The Labute approximate surface area is 174 Å². The molecule has 2 N–H and O–H groups in total. The van der Waals surface area contributed by atoms with Gasteiger partial charge in [0.1, 0.15) is 5.76 Å². The number of aromatic nitrogens is 2. The van der Waals surface area contributed by atoms with Crippen molar-refractivity contribution in [2.75, 3.05) is 11.1 Å². The number of furan rings is 1. The summed E-state index contributed by atoms with van der Waals surface area (Å²) in [6, 6.07) is 10.4. The van der Waals surface area contributed by atoms with E-state index in [2.05, 4.69) is 20.8 Å². The average molecular weight is 437 g/mol. The summed E-state index contributed by atoms with van der Waals surface area (Å²) in [5.74, 6) is 0.533. The number of hydrogen-bond donors (Lipinski definition) is 2. The van der Waals surface area contributed by atoms with Gasteiger partial charge in [0.25, 0.3) is 5.91 Å². The van der Waals surface area contributed by atoms with E-state index < -0.39 is 0 Å². The molecule has 0 aliphatic heterocycles. The molecule has 0 aliphatic carbocycles. The lowest BCUT2D eigenvalue weighted by Gasteiger charge is -2.11. The van der Waals surface area contributed by atoms with Gasteiger partial charge in [0.05, 0.1) is 12.0 Å². The normalized spacial score (nSPS) is 11.8. The number of thioether (sulfide) groups is 1. The number of halogens is 1. The van der Waals surface area contributed by atoms with Gasteiger partial charge in [-0.05, 0) is 43.3 Å². The molecule has 146 valence electrons. The van der Waals surface area contributed by atoms with Crippen molar-refractivity contribution in [1.82, 2.24) is 15.5 Å². The van der Waals surface area contributed by atoms with Crippen LogP contribution < -0.4 is 10.6 Å². The van der Waals surface area contributed by atoms with Crippen LogP contribution in [0.1, 0.15) is 22.5 Å². The molecule has 28 heavy (non-hydrogen) atoms. The predicted molar refractivity (Wildman–Crippen MR) is 110 cm³/mol. The van der Waals surface area contributed by atoms with Crippen molar-refractivity contribution in [2.45, 2.75) is 23.7 Å². The molecule has 1 aromatic carbocycles. The van der Waals surface area contributed by atoms with Gasteiger partial charge in [-0.2, -0.15) is 0 Å². The average Bonchev–Trinajstić information content (AvgIpc) is 3.33. The maximum atomic E-state index is 12.2. The fourth-order valence-electron chi connectivity index (χ4n) is 2.30. The van der Waals surface area contributed by atoms with Crippen molar-refractivity contribution in [3.63, 3.8) is 0 Å². The first-order valence-electron chi connectivity index (χ1n) is 8.34. The molecule has 2 amide bonds.